The van der Waals surface area contributed by atoms with Crippen LogP contribution in [0.1, 0.15) is 40.5 Å². The highest BCUT2D eigenvalue weighted by Crippen LogP contribution is 2.38. The Morgan fingerprint density at radius 1 is 1.24 bits per heavy atom. The Morgan fingerprint density at radius 3 is 2.47 bits per heavy atom. The van der Waals surface area contributed by atoms with Crippen molar-refractivity contribution in [3.63, 3.8) is 0 Å². The zero-order valence-corrected chi connectivity index (χ0v) is 10.8. The summed E-state index contributed by atoms with van der Waals surface area (Å²) >= 11 is 0. The van der Waals surface area contributed by atoms with Gasteiger partial charge in [-0.1, -0.05) is 0 Å². The molecule has 5 nitrogen and oxygen atoms in total. The third-order valence-corrected chi connectivity index (χ3v) is 3.06. The van der Waals surface area contributed by atoms with E-state index < -0.39 is 17.7 Å². The van der Waals surface area contributed by atoms with Crippen LogP contribution in [0.25, 0.3) is 0 Å². The highest BCUT2D eigenvalue weighted by molar-refractivity contribution is 4.94. The molecule has 0 bridgehead atoms. The van der Waals surface area contributed by atoms with E-state index >= 15 is 0 Å². The van der Waals surface area contributed by atoms with Crippen molar-refractivity contribution in [3.8, 4) is 0 Å². The summed E-state index contributed by atoms with van der Waals surface area (Å²) < 4.78 is 16.9. The first-order valence-corrected chi connectivity index (χ1v) is 6.10. The van der Waals surface area contributed by atoms with Gasteiger partial charge in [0.25, 0.3) is 0 Å². The number of fused-ring (bicyclic) bond motifs is 1. The number of rotatable bonds is 2. The van der Waals surface area contributed by atoms with E-state index in [2.05, 4.69) is 0 Å². The maximum absolute atomic E-state index is 10.0. The van der Waals surface area contributed by atoms with Gasteiger partial charge in [0.15, 0.2) is 11.6 Å². The second kappa shape index (κ2) is 4.17. The van der Waals surface area contributed by atoms with Crippen molar-refractivity contribution in [1.29, 1.82) is 0 Å². The van der Waals surface area contributed by atoms with E-state index in [0.717, 1.165) is 0 Å². The van der Waals surface area contributed by atoms with Gasteiger partial charge in [-0.2, -0.15) is 0 Å². The van der Waals surface area contributed by atoms with Gasteiger partial charge in [0, 0.05) is 12.8 Å². The molecule has 17 heavy (non-hydrogen) atoms. The molecule has 0 aromatic heterocycles. The van der Waals surface area contributed by atoms with E-state index in [4.69, 9.17) is 14.2 Å². The van der Waals surface area contributed by atoms with Crippen LogP contribution in [0, 0.1) is 0 Å². The lowest BCUT2D eigenvalue weighted by molar-refractivity contribution is -0.225. The van der Waals surface area contributed by atoms with Crippen molar-refractivity contribution in [2.24, 2.45) is 0 Å². The molecule has 0 aromatic carbocycles. The number of hydrogen-bond donors (Lipinski definition) is 2. The van der Waals surface area contributed by atoms with Gasteiger partial charge in [0.05, 0.1) is 18.3 Å². The van der Waals surface area contributed by atoms with Gasteiger partial charge >= 0.3 is 0 Å². The van der Waals surface area contributed by atoms with Crippen LogP contribution in [0.3, 0.4) is 0 Å². The molecular formula is C12H22O5. The molecule has 3 unspecified atom stereocenters. The first kappa shape index (κ1) is 13.2. The van der Waals surface area contributed by atoms with Crippen molar-refractivity contribution in [1.82, 2.24) is 0 Å². The number of ether oxygens (including phenoxy) is 3. The summed E-state index contributed by atoms with van der Waals surface area (Å²) in [5, 5.41) is 19.6. The maximum Gasteiger partial charge on any atom is 0.163 e. The molecule has 1 saturated heterocycles. The van der Waals surface area contributed by atoms with Gasteiger partial charge in [0.1, 0.15) is 6.10 Å². The quantitative estimate of drug-likeness (QED) is 0.705. The third kappa shape index (κ3) is 3.17. The van der Waals surface area contributed by atoms with Crippen molar-refractivity contribution < 1.29 is 24.4 Å². The Bertz CT molecular complexity index is 283. The lowest BCUT2D eigenvalue weighted by atomic mass is 9.90. The predicted octanol–water partition coefficient (Wildman–Crippen LogP) is 0.775. The van der Waals surface area contributed by atoms with Gasteiger partial charge < -0.3 is 24.4 Å². The lowest BCUT2D eigenvalue weighted by Gasteiger charge is -2.36. The molecule has 0 spiro atoms. The molecule has 1 saturated carbocycles. The van der Waals surface area contributed by atoms with Gasteiger partial charge in [-0.05, 0) is 27.7 Å². The van der Waals surface area contributed by atoms with Crippen LogP contribution in [0.2, 0.25) is 0 Å². The van der Waals surface area contributed by atoms with E-state index in [1.54, 1.807) is 13.8 Å². The van der Waals surface area contributed by atoms with E-state index in [9.17, 15) is 10.2 Å². The summed E-state index contributed by atoms with van der Waals surface area (Å²) in [6.45, 7) is 6.84. The molecule has 0 aromatic rings. The van der Waals surface area contributed by atoms with Crippen molar-refractivity contribution >= 4 is 0 Å². The van der Waals surface area contributed by atoms with Gasteiger partial charge in [-0.3, -0.25) is 0 Å². The van der Waals surface area contributed by atoms with Crippen LogP contribution in [-0.2, 0) is 14.2 Å². The molecule has 1 heterocycles. The molecule has 100 valence electrons. The van der Waals surface area contributed by atoms with Crippen molar-refractivity contribution in [3.05, 3.63) is 0 Å². The summed E-state index contributed by atoms with van der Waals surface area (Å²) in [6.07, 6.45) is -0.167. The van der Waals surface area contributed by atoms with Crippen LogP contribution < -0.4 is 0 Å². The summed E-state index contributed by atoms with van der Waals surface area (Å²) in [5.41, 5.74) is 0. The summed E-state index contributed by atoms with van der Waals surface area (Å²) in [5.74, 6) is -1.84. The van der Waals surface area contributed by atoms with Crippen LogP contribution >= 0.6 is 0 Å². The number of aliphatic hydroxyl groups is 2. The Hall–Kier alpha value is -0.200. The Kier molecular flexibility index (Phi) is 3.25. The van der Waals surface area contributed by atoms with E-state index in [1.807, 2.05) is 13.8 Å². The van der Waals surface area contributed by atoms with Gasteiger partial charge in [-0.25, -0.2) is 0 Å². The second-order valence-corrected chi connectivity index (χ2v) is 5.86. The Balaban J connectivity index is 2.00. The smallest absolute Gasteiger partial charge is 0.163 e. The zero-order chi connectivity index (χ0) is 12.8. The SMILES string of the molecule is CC(C)(O)OC1CC2OC(C)(C)OC2[C@@H](O)C1. The topological polar surface area (TPSA) is 68.2 Å². The van der Waals surface area contributed by atoms with Crippen LogP contribution in [-0.4, -0.2) is 46.2 Å². The molecule has 2 N–H and O–H groups in total. The molecule has 0 amide bonds. The highest BCUT2D eigenvalue weighted by atomic mass is 16.8. The predicted molar refractivity (Wildman–Crippen MR) is 60.2 cm³/mol. The van der Waals surface area contributed by atoms with E-state index in [0.29, 0.717) is 12.8 Å². The molecule has 1 aliphatic heterocycles. The fourth-order valence-corrected chi connectivity index (χ4v) is 2.63. The minimum Gasteiger partial charge on any atom is -0.390 e. The second-order valence-electron chi connectivity index (χ2n) is 5.86. The average Bonchev–Trinajstić information content (AvgIpc) is 2.36. The van der Waals surface area contributed by atoms with Crippen LogP contribution in [0.15, 0.2) is 0 Å². The summed E-state index contributed by atoms with van der Waals surface area (Å²) in [6, 6.07) is 0. The third-order valence-electron chi connectivity index (χ3n) is 3.06. The van der Waals surface area contributed by atoms with E-state index in [-0.39, 0.29) is 18.3 Å². The number of aliphatic hydroxyl groups excluding tert-OH is 1. The number of hydrogen-bond acceptors (Lipinski definition) is 5. The van der Waals surface area contributed by atoms with Crippen LogP contribution in [0.4, 0.5) is 0 Å². The fraction of sp³-hybridized carbons (Fsp3) is 1.00. The normalized spacial score (nSPS) is 41.3. The van der Waals surface area contributed by atoms with Crippen molar-refractivity contribution in [2.75, 3.05) is 0 Å². The monoisotopic (exact) mass is 246 g/mol. The maximum atomic E-state index is 10.0. The highest BCUT2D eigenvalue weighted by Gasteiger charge is 2.49. The molecule has 5 heteroatoms. The molecule has 2 fully saturated rings. The minimum absolute atomic E-state index is 0.166. The average molecular weight is 246 g/mol. The minimum atomic E-state index is -1.19. The largest absolute Gasteiger partial charge is 0.390 e. The standard InChI is InChI=1S/C12H22O5/c1-11(2,14)15-7-5-8(13)10-9(6-7)16-12(3,4)17-10/h7-10,13-14H,5-6H2,1-4H3/t7?,8-,9?,10?/m0/s1. The van der Waals surface area contributed by atoms with E-state index in [1.165, 1.54) is 0 Å². The Morgan fingerprint density at radius 2 is 1.88 bits per heavy atom. The molecule has 2 rings (SSSR count). The Labute approximate surface area is 102 Å². The first-order chi connectivity index (χ1) is 7.66. The first-order valence-electron chi connectivity index (χ1n) is 6.10. The fourth-order valence-electron chi connectivity index (χ4n) is 2.63. The zero-order valence-electron chi connectivity index (χ0n) is 10.8. The molecule has 0 radical (unpaired) electrons. The lowest BCUT2D eigenvalue weighted by Crippen LogP contribution is -2.47. The van der Waals surface area contributed by atoms with Gasteiger partial charge in [0.2, 0.25) is 0 Å². The molecule has 1 aliphatic carbocycles. The molecule has 2 aliphatic rings. The molecular weight excluding hydrogens is 224 g/mol. The summed E-state index contributed by atoms with van der Waals surface area (Å²) in [4.78, 5) is 0. The van der Waals surface area contributed by atoms with Crippen molar-refractivity contribution in [2.45, 2.75) is 76.5 Å². The molecule has 4 atom stereocenters. The van der Waals surface area contributed by atoms with Gasteiger partial charge in [-0.15, -0.1) is 0 Å². The van der Waals surface area contributed by atoms with Crippen LogP contribution in [0.5, 0.6) is 0 Å². The summed E-state index contributed by atoms with van der Waals surface area (Å²) in [7, 11) is 0.